The number of fused-ring (bicyclic) bond motifs is 1. The van der Waals surface area contributed by atoms with Crippen molar-refractivity contribution < 1.29 is 0 Å². The van der Waals surface area contributed by atoms with Gasteiger partial charge in [-0.15, -0.1) is 0 Å². The van der Waals surface area contributed by atoms with Gasteiger partial charge in [-0.3, -0.25) is 4.90 Å². The Bertz CT molecular complexity index is 871. The van der Waals surface area contributed by atoms with E-state index in [1.807, 2.05) is 6.20 Å². The smallest absolute Gasteiger partial charge is 0.0459 e. The summed E-state index contributed by atoms with van der Waals surface area (Å²) in [7, 11) is 0. The first-order chi connectivity index (χ1) is 11.9. The third-order valence-electron chi connectivity index (χ3n) is 4.73. The molecule has 0 spiro atoms. The summed E-state index contributed by atoms with van der Waals surface area (Å²) in [5.41, 5.74) is 5.33. The Morgan fingerprint density at radius 2 is 1.92 bits per heavy atom. The molecule has 120 valence electrons. The molecule has 0 atom stereocenters. The lowest BCUT2D eigenvalue weighted by Crippen LogP contribution is -2.28. The van der Waals surface area contributed by atoms with Gasteiger partial charge >= 0.3 is 0 Å². The second-order valence-corrected chi connectivity index (χ2v) is 6.29. The molecule has 1 N–H and O–H groups in total. The lowest BCUT2D eigenvalue weighted by atomic mass is 9.99. The van der Waals surface area contributed by atoms with Gasteiger partial charge in [-0.1, -0.05) is 60.7 Å². The highest BCUT2D eigenvalue weighted by Crippen LogP contribution is 2.22. The molecule has 24 heavy (non-hydrogen) atoms. The predicted molar refractivity (Wildman–Crippen MR) is 103 cm³/mol. The van der Waals surface area contributed by atoms with Gasteiger partial charge in [0.05, 0.1) is 0 Å². The number of hydrogen-bond donors (Lipinski definition) is 1. The molecule has 2 heterocycles. The van der Waals surface area contributed by atoms with Gasteiger partial charge in [-0.25, -0.2) is 0 Å². The van der Waals surface area contributed by atoms with Crippen LogP contribution in [-0.4, -0.2) is 29.5 Å². The predicted octanol–water partition coefficient (Wildman–Crippen LogP) is 4.97. The molecule has 4 rings (SSSR count). The van der Waals surface area contributed by atoms with Gasteiger partial charge < -0.3 is 4.98 Å². The summed E-state index contributed by atoms with van der Waals surface area (Å²) in [4.78, 5) is 5.75. The van der Waals surface area contributed by atoms with Gasteiger partial charge in [0.25, 0.3) is 0 Å². The van der Waals surface area contributed by atoms with E-state index in [0.717, 1.165) is 26.1 Å². The molecule has 0 radical (unpaired) electrons. The first-order valence-corrected chi connectivity index (χ1v) is 8.59. The third-order valence-corrected chi connectivity index (χ3v) is 4.73. The van der Waals surface area contributed by atoms with Crippen LogP contribution in [0.1, 0.15) is 17.5 Å². The second kappa shape index (κ2) is 6.90. The lowest BCUT2D eigenvalue weighted by molar-refractivity contribution is 0.335. The van der Waals surface area contributed by atoms with Crippen molar-refractivity contribution in [1.82, 2.24) is 9.88 Å². The fraction of sp³-hybridized carbons (Fsp3) is 0.182. The summed E-state index contributed by atoms with van der Waals surface area (Å²) < 4.78 is 0. The maximum absolute atomic E-state index is 3.27. The van der Waals surface area contributed by atoms with Crippen LogP contribution in [0.2, 0.25) is 0 Å². The average molecular weight is 314 g/mol. The maximum atomic E-state index is 3.27. The van der Waals surface area contributed by atoms with E-state index in [2.05, 4.69) is 82.7 Å². The van der Waals surface area contributed by atoms with Gasteiger partial charge in [0.15, 0.2) is 0 Å². The summed E-state index contributed by atoms with van der Waals surface area (Å²) in [5.74, 6) is 0. The Labute approximate surface area is 143 Å². The number of H-pyrrole nitrogens is 1. The Hall–Kier alpha value is -2.58. The van der Waals surface area contributed by atoms with Crippen molar-refractivity contribution in [2.75, 3.05) is 19.6 Å². The highest BCUT2D eigenvalue weighted by Gasteiger charge is 2.11. The van der Waals surface area contributed by atoms with E-state index in [9.17, 15) is 0 Å². The van der Waals surface area contributed by atoms with E-state index >= 15 is 0 Å². The quantitative estimate of drug-likeness (QED) is 0.720. The number of aromatic amines is 1. The topological polar surface area (TPSA) is 19.0 Å². The van der Waals surface area contributed by atoms with Crippen molar-refractivity contribution in [3.8, 4) is 0 Å². The number of nitrogens with one attached hydrogen (secondary N) is 1. The molecule has 0 aliphatic carbocycles. The van der Waals surface area contributed by atoms with Crippen molar-refractivity contribution >= 4 is 22.6 Å². The molecule has 0 bridgehead atoms. The van der Waals surface area contributed by atoms with Crippen LogP contribution in [0.15, 0.2) is 72.9 Å². The summed E-state index contributed by atoms with van der Waals surface area (Å²) >= 11 is 0. The average Bonchev–Trinajstić information content (AvgIpc) is 3.13. The SMILES string of the molecule is C(=Cc1cccc2[nH]ccc12)CN1CC=C(c2ccccc2)CC1. The summed E-state index contributed by atoms with van der Waals surface area (Å²) in [6.07, 6.45) is 10.0. The number of hydrogen-bond acceptors (Lipinski definition) is 1. The van der Waals surface area contributed by atoms with Crippen LogP contribution in [0.3, 0.4) is 0 Å². The number of nitrogens with zero attached hydrogens (tertiary/aromatic N) is 1. The Kier molecular flexibility index (Phi) is 4.30. The molecule has 0 unspecified atom stereocenters. The van der Waals surface area contributed by atoms with Gasteiger partial charge in [0.2, 0.25) is 0 Å². The monoisotopic (exact) mass is 314 g/mol. The summed E-state index contributed by atoms with van der Waals surface area (Å²) in [6.45, 7) is 3.15. The minimum absolute atomic E-state index is 0.999. The van der Waals surface area contributed by atoms with Crippen molar-refractivity contribution in [1.29, 1.82) is 0 Å². The van der Waals surface area contributed by atoms with Crippen molar-refractivity contribution in [2.45, 2.75) is 6.42 Å². The normalized spacial score (nSPS) is 15.9. The van der Waals surface area contributed by atoms with E-state index in [0.29, 0.717) is 0 Å². The van der Waals surface area contributed by atoms with E-state index in [-0.39, 0.29) is 0 Å². The molecular weight excluding hydrogens is 292 g/mol. The first-order valence-electron chi connectivity index (χ1n) is 8.59. The summed E-state index contributed by atoms with van der Waals surface area (Å²) in [6, 6.07) is 19.3. The van der Waals surface area contributed by atoms with Crippen LogP contribution in [-0.2, 0) is 0 Å². The molecule has 2 aromatic carbocycles. The highest BCUT2D eigenvalue weighted by molar-refractivity contribution is 5.88. The van der Waals surface area contributed by atoms with E-state index in [1.54, 1.807) is 0 Å². The Morgan fingerprint density at radius 1 is 1.00 bits per heavy atom. The van der Waals surface area contributed by atoms with E-state index < -0.39 is 0 Å². The standard InChI is InChI=1S/C22H22N2/c1-2-6-18(7-3-1)19-12-16-24(17-13-19)15-5-9-20-8-4-10-22-21(20)11-14-23-22/h1-12,14,23H,13,15-17H2. The fourth-order valence-electron chi connectivity index (χ4n) is 3.38. The molecule has 0 amide bonds. The minimum Gasteiger partial charge on any atom is -0.361 e. The Balaban J connectivity index is 1.39. The fourth-order valence-corrected chi connectivity index (χ4v) is 3.38. The van der Waals surface area contributed by atoms with Gasteiger partial charge in [-0.2, -0.15) is 0 Å². The molecule has 0 saturated heterocycles. The zero-order valence-corrected chi connectivity index (χ0v) is 13.8. The maximum Gasteiger partial charge on any atom is 0.0459 e. The molecule has 0 fully saturated rings. The van der Waals surface area contributed by atoms with Gasteiger partial charge in [-0.05, 0) is 35.3 Å². The molecule has 1 aliphatic rings. The van der Waals surface area contributed by atoms with Crippen molar-refractivity contribution in [3.05, 3.63) is 84.1 Å². The molecule has 1 aliphatic heterocycles. The molecule has 2 nitrogen and oxygen atoms in total. The van der Waals surface area contributed by atoms with Crippen LogP contribution >= 0.6 is 0 Å². The van der Waals surface area contributed by atoms with Gasteiger partial charge in [0.1, 0.15) is 0 Å². The molecule has 3 aromatic rings. The number of rotatable bonds is 4. The first kappa shape index (κ1) is 15.0. The minimum atomic E-state index is 0.999. The zero-order chi connectivity index (χ0) is 16.2. The van der Waals surface area contributed by atoms with Crippen LogP contribution < -0.4 is 0 Å². The largest absolute Gasteiger partial charge is 0.361 e. The van der Waals surface area contributed by atoms with Crippen molar-refractivity contribution in [2.24, 2.45) is 0 Å². The van der Waals surface area contributed by atoms with E-state index in [4.69, 9.17) is 0 Å². The summed E-state index contributed by atoms with van der Waals surface area (Å²) in [5, 5.41) is 1.29. The third kappa shape index (κ3) is 3.19. The van der Waals surface area contributed by atoms with E-state index in [1.165, 1.54) is 27.6 Å². The molecular formula is C22H22N2. The second-order valence-electron chi connectivity index (χ2n) is 6.29. The molecule has 2 heteroatoms. The van der Waals surface area contributed by atoms with Crippen LogP contribution in [0, 0.1) is 0 Å². The zero-order valence-electron chi connectivity index (χ0n) is 13.8. The Morgan fingerprint density at radius 3 is 2.75 bits per heavy atom. The van der Waals surface area contributed by atoms with Crippen LogP contribution in [0.4, 0.5) is 0 Å². The molecule has 0 saturated carbocycles. The van der Waals surface area contributed by atoms with Gasteiger partial charge in [0, 0.05) is 36.7 Å². The number of benzene rings is 2. The number of aromatic nitrogens is 1. The van der Waals surface area contributed by atoms with Crippen LogP contribution in [0.5, 0.6) is 0 Å². The van der Waals surface area contributed by atoms with Crippen LogP contribution in [0.25, 0.3) is 22.6 Å². The lowest BCUT2D eigenvalue weighted by Gasteiger charge is -2.25. The highest BCUT2D eigenvalue weighted by atomic mass is 15.1. The molecule has 1 aromatic heterocycles. The van der Waals surface area contributed by atoms with Crippen molar-refractivity contribution in [3.63, 3.8) is 0 Å².